The van der Waals surface area contributed by atoms with E-state index in [-0.39, 0.29) is 0 Å². The van der Waals surface area contributed by atoms with Crippen LogP contribution in [-0.4, -0.2) is 16.2 Å². The Morgan fingerprint density at radius 3 is 2.80 bits per heavy atom. The molecule has 0 aromatic carbocycles. The van der Waals surface area contributed by atoms with Crippen molar-refractivity contribution in [2.45, 2.75) is 6.92 Å². The third-order valence-corrected chi connectivity index (χ3v) is 1.92. The molecule has 0 radical (unpaired) electrons. The summed E-state index contributed by atoms with van der Waals surface area (Å²) in [7, 11) is 0. The smallest absolute Gasteiger partial charge is 0.152 e. The molecule has 0 saturated heterocycles. The third-order valence-electron chi connectivity index (χ3n) is 1.92. The van der Waals surface area contributed by atoms with E-state index in [1.807, 2.05) is 37.3 Å². The summed E-state index contributed by atoms with van der Waals surface area (Å²) in [6, 6.07) is 9.58. The molecule has 3 heteroatoms. The number of nitrogens with zero attached hydrogens (tertiary/aromatic N) is 3. The van der Waals surface area contributed by atoms with Crippen molar-refractivity contribution in [1.82, 2.24) is 9.97 Å². The summed E-state index contributed by atoms with van der Waals surface area (Å²) in [6.45, 7) is 2.02. The van der Waals surface area contributed by atoms with E-state index in [0.29, 0.717) is 5.82 Å². The maximum atomic E-state index is 4.24. The number of rotatable bonds is 2. The Balaban J connectivity index is 2.19. The molecule has 0 unspecified atom stereocenters. The standard InChI is InChI=1S/C12H11N3/c1-10-5-7-14-12(8-10)15-9-11-4-2-3-6-13-11/h2-9H,1H3. The van der Waals surface area contributed by atoms with Crippen molar-refractivity contribution in [1.29, 1.82) is 0 Å². The van der Waals surface area contributed by atoms with E-state index in [1.54, 1.807) is 18.6 Å². The molecule has 2 aromatic rings. The van der Waals surface area contributed by atoms with Gasteiger partial charge in [0.2, 0.25) is 0 Å². The third kappa shape index (κ3) is 2.71. The summed E-state index contributed by atoms with van der Waals surface area (Å²) < 4.78 is 0. The monoisotopic (exact) mass is 197 g/mol. The zero-order valence-corrected chi connectivity index (χ0v) is 8.46. The maximum absolute atomic E-state index is 4.24. The van der Waals surface area contributed by atoms with E-state index in [9.17, 15) is 0 Å². The minimum Gasteiger partial charge on any atom is -0.255 e. The number of pyridine rings is 2. The lowest BCUT2D eigenvalue weighted by molar-refractivity contribution is 1.24. The Morgan fingerprint density at radius 2 is 2.07 bits per heavy atom. The minimum atomic E-state index is 0.709. The molecule has 2 aromatic heterocycles. The van der Waals surface area contributed by atoms with E-state index in [1.165, 1.54) is 0 Å². The van der Waals surface area contributed by atoms with Crippen LogP contribution in [-0.2, 0) is 0 Å². The van der Waals surface area contributed by atoms with E-state index >= 15 is 0 Å². The van der Waals surface area contributed by atoms with Crippen molar-refractivity contribution >= 4 is 12.0 Å². The molecule has 0 saturated carbocycles. The van der Waals surface area contributed by atoms with Gasteiger partial charge in [-0.1, -0.05) is 6.07 Å². The van der Waals surface area contributed by atoms with Crippen LogP contribution >= 0.6 is 0 Å². The maximum Gasteiger partial charge on any atom is 0.152 e. The van der Waals surface area contributed by atoms with Gasteiger partial charge in [-0.25, -0.2) is 9.98 Å². The van der Waals surface area contributed by atoms with Gasteiger partial charge in [0.25, 0.3) is 0 Å². The molecule has 15 heavy (non-hydrogen) atoms. The highest BCUT2D eigenvalue weighted by Gasteiger charge is 1.90. The van der Waals surface area contributed by atoms with Crippen LogP contribution in [0.5, 0.6) is 0 Å². The van der Waals surface area contributed by atoms with Crippen LogP contribution < -0.4 is 0 Å². The minimum absolute atomic E-state index is 0.709. The van der Waals surface area contributed by atoms with Crippen LogP contribution in [0.4, 0.5) is 5.82 Å². The second-order valence-electron chi connectivity index (χ2n) is 3.20. The molecule has 0 N–H and O–H groups in total. The Labute approximate surface area is 88.6 Å². The van der Waals surface area contributed by atoms with Gasteiger partial charge in [-0.2, -0.15) is 0 Å². The first-order valence-electron chi connectivity index (χ1n) is 4.72. The fraction of sp³-hybridized carbons (Fsp3) is 0.0833. The van der Waals surface area contributed by atoms with E-state index < -0.39 is 0 Å². The van der Waals surface area contributed by atoms with E-state index in [4.69, 9.17) is 0 Å². The lowest BCUT2D eigenvalue weighted by Crippen LogP contribution is -1.84. The Morgan fingerprint density at radius 1 is 1.13 bits per heavy atom. The molecular formula is C12H11N3. The predicted molar refractivity (Wildman–Crippen MR) is 60.5 cm³/mol. The lowest BCUT2D eigenvalue weighted by atomic mass is 10.3. The van der Waals surface area contributed by atoms with Gasteiger partial charge in [0.05, 0.1) is 11.9 Å². The second kappa shape index (κ2) is 4.46. The predicted octanol–water partition coefficient (Wildman–Crippen LogP) is 2.54. The van der Waals surface area contributed by atoms with Crippen LogP contribution in [0.3, 0.4) is 0 Å². The van der Waals surface area contributed by atoms with Gasteiger partial charge in [0, 0.05) is 12.4 Å². The van der Waals surface area contributed by atoms with E-state index in [2.05, 4.69) is 15.0 Å². The molecule has 0 fully saturated rings. The second-order valence-corrected chi connectivity index (χ2v) is 3.20. The normalized spacial score (nSPS) is 10.7. The molecule has 0 aliphatic carbocycles. The van der Waals surface area contributed by atoms with Crippen molar-refractivity contribution in [3.8, 4) is 0 Å². The first-order valence-corrected chi connectivity index (χ1v) is 4.72. The van der Waals surface area contributed by atoms with Crippen molar-refractivity contribution in [3.05, 3.63) is 54.0 Å². The highest BCUT2D eigenvalue weighted by molar-refractivity contribution is 5.78. The van der Waals surface area contributed by atoms with Gasteiger partial charge < -0.3 is 0 Å². The molecule has 2 heterocycles. The summed E-state index contributed by atoms with van der Waals surface area (Å²) in [5.74, 6) is 0.709. The van der Waals surface area contributed by atoms with Crippen LogP contribution in [0.1, 0.15) is 11.3 Å². The molecule has 2 rings (SSSR count). The fourth-order valence-corrected chi connectivity index (χ4v) is 1.18. The number of hydrogen-bond donors (Lipinski definition) is 0. The number of aromatic nitrogens is 2. The highest BCUT2D eigenvalue weighted by Crippen LogP contribution is 2.08. The van der Waals surface area contributed by atoms with Crippen molar-refractivity contribution in [2.75, 3.05) is 0 Å². The Hall–Kier alpha value is -2.03. The van der Waals surface area contributed by atoms with Gasteiger partial charge >= 0.3 is 0 Å². The molecule has 0 spiro atoms. The summed E-state index contributed by atoms with van der Waals surface area (Å²) in [5.41, 5.74) is 1.99. The average Bonchev–Trinajstić information content (AvgIpc) is 2.28. The zero-order valence-electron chi connectivity index (χ0n) is 8.46. The summed E-state index contributed by atoms with van der Waals surface area (Å²) >= 11 is 0. The fourth-order valence-electron chi connectivity index (χ4n) is 1.18. The lowest BCUT2D eigenvalue weighted by Gasteiger charge is -1.94. The molecule has 0 aliphatic rings. The summed E-state index contributed by atoms with van der Waals surface area (Å²) in [6.07, 6.45) is 5.20. The van der Waals surface area contributed by atoms with E-state index in [0.717, 1.165) is 11.3 Å². The van der Waals surface area contributed by atoms with Crippen LogP contribution in [0.25, 0.3) is 0 Å². The van der Waals surface area contributed by atoms with Crippen molar-refractivity contribution in [2.24, 2.45) is 4.99 Å². The van der Waals surface area contributed by atoms with Gasteiger partial charge in [-0.15, -0.1) is 0 Å². The van der Waals surface area contributed by atoms with Gasteiger partial charge in [0.15, 0.2) is 5.82 Å². The van der Waals surface area contributed by atoms with Crippen molar-refractivity contribution < 1.29 is 0 Å². The Bertz CT molecular complexity index is 463. The number of hydrogen-bond acceptors (Lipinski definition) is 3. The van der Waals surface area contributed by atoms with Crippen LogP contribution in [0.2, 0.25) is 0 Å². The van der Waals surface area contributed by atoms with Gasteiger partial charge in [-0.3, -0.25) is 4.98 Å². The molecule has 0 amide bonds. The summed E-state index contributed by atoms with van der Waals surface area (Å²) in [4.78, 5) is 12.5. The molecule has 3 nitrogen and oxygen atoms in total. The zero-order chi connectivity index (χ0) is 10.5. The SMILES string of the molecule is Cc1ccnc(N=Cc2ccccn2)c1. The van der Waals surface area contributed by atoms with Gasteiger partial charge in [0.1, 0.15) is 0 Å². The topological polar surface area (TPSA) is 38.1 Å². The Kier molecular flexibility index (Phi) is 2.83. The largest absolute Gasteiger partial charge is 0.255 e. The van der Waals surface area contributed by atoms with Gasteiger partial charge in [-0.05, 0) is 36.8 Å². The number of aliphatic imine (C=N–C) groups is 1. The molecule has 74 valence electrons. The van der Waals surface area contributed by atoms with Crippen molar-refractivity contribution in [3.63, 3.8) is 0 Å². The van der Waals surface area contributed by atoms with Crippen LogP contribution in [0, 0.1) is 6.92 Å². The highest BCUT2D eigenvalue weighted by atomic mass is 14.9. The quantitative estimate of drug-likeness (QED) is 0.694. The average molecular weight is 197 g/mol. The molecule has 0 bridgehead atoms. The van der Waals surface area contributed by atoms with Crippen LogP contribution in [0.15, 0.2) is 47.7 Å². The summed E-state index contributed by atoms with van der Waals surface area (Å²) in [5, 5.41) is 0. The first kappa shape index (κ1) is 9.52. The first-order chi connectivity index (χ1) is 7.34. The molecule has 0 aliphatic heterocycles. The molecular weight excluding hydrogens is 186 g/mol. The number of aryl methyl sites for hydroxylation is 1. The molecule has 0 atom stereocenters.